The van der Waals surface area contributed by atoms with Crippen LogP contribution in [0.4, 0.5) is 18.9 Å². The van der Waals surface area contributed by atoms with Crippen LogP contribution in [0.2, 0.25) is 0 Å². The molecule has 0 bridgehead atoms. The van der Waals surface area contributed by atoms with Gasteiger partial charge in [0.1, 0.15) is 5.75 Å². The van der Waals surface area contributed by atoms with E-state index >= 15 is 0 Å². The first-order valence-electron chi connectivity index (χ1n) is 17.3. The Labute approximate surface area is 325 Å². The standard InChI is InChI=1S/C40H41F3IN5O5/c1-47(2)18-4-20-54-33-15-10-27(11-16-33)35-22-29-9-14-32(46-38(52)28-7-12-31(44)13-8-28)23-34(29)39(53)49(35)19-17-37(51)48(25-36(45)50)24-26-5-3-6-30(21-26)40(41,42)43/h3,5-16,21,23,35H,4,17-20,22,24-25H2,1-2H3,(H2,45,50)(H,46,52). The SMILES string of the molecule is CN(C)CCCOc1ccc(C2Cc3ccc(NC(=O)c4ccc(I)cc4)cc3C(=O)N2CCC(=O)N(CC(N)=O)Cc2cccc(C(F)(F)F)c2)cc1. The van der Waals surface area contributed by atoms with Crippen LogP contribution in [0.5, 0.6) is 5.75 Å². The molecule has 1 aliphatic rings. The summed E-state index contributed by atoms with van der Waals surface area (Å²) in [5, 5.41) is 2.86. The smallest absolute Gasteiger partial charge is 0.416 e. The number of ether oxygens (including phenoxy) is 1. The zero-order chi connectivity index (χ0) is 39.0. The Morgan fingerprint density at radius 3 is 2.37 bits per heavy atom. The number of alkyl halides is 3. The third kappa shape index (κ3) is 10.8. The minimum absolute atomic E-state index is 0.0678. The Balaban J connectivity index is 1.38. The predicted molar refractivity (Wildman–Crippen MR) is 207 cm³/mol. The molecular weight excluding hydrogens is 814 g/mol. The van der Waals surface area contributed by atoms with Crippen LogP contribution in [0.3, 0.4) is 0 Å². The van der Waals surface area contributed by atoms with Crippen molar-refractivity contribution in [2.24, 2.45) is 5.73 Å². The molecule has 1 atom stereocenters. The fourth-order valence-corrected chi connectivity index (χ4v) is 6.58. The van der Waals surface area contributed by atoms with Gasteiger partial charge in [0.2, 0.25) is 11.8 Å². The number of fused-ring (bicyclic) bond motifs is 1. The van der Waals surface area contributed by atoms with Crippen LogP contribution >= 0.6 is 22.6 Å². The molecule has 0 spiro atoms. The summed E-state index contributed by atoms with van der Waals surface area (Å²) in [7, 11) is 3.98. The van der Waals surface area contributed by atoms with Crippen LogP contribution in [0.15, 0.2) is 91.0 Å². The molecule has 4 aromatic rings. The Hall–Kier alpha value is -4.96. The van der Waals surface area contributed by atoms with Gasteiger partial charge in [-0.3, -0.25) is 19.2 Å². The molecule has 284 valence electrons. The van der Waals surface area contributed by atoms with Gasteiger partial charge < -0.3 is 30.5 Å². The fourth-order valence-electron chi connectivity index (χ4n) is 6.22. The molecule has 0 aromatic heterocycles. The van der Waals surface area contributed by atoms with Gasteiger partial charge in [0.05, 0.1) is 24.8 Å². The van der Waals surface area contributed by atoms with Crippen molar-refractivity contribution in [3.05, 3.63) is 128 Å². The average Bonchev–Trinajstić information content (AvgIpc) is 3.13. The minimum atomic E-state index is -4.59. The van der Waals surface area contributed by atoms with E-state index in [4.69, 9.17) is 10.5 Å². The maximum Gasteiger partial charge on any atom is 0.416 e. The summed E-state index contributed by atoms with van der Waals surface area (Å²) in [6.45, 7) is 0.539. The van der Waals surface area contributed by atoms with Crippen molar-refractivity contribution in [3.63, 3.8) is 0 Å². The molecule has 54 heavy (non-hydrogen) atoms. The van der Waals surface area contributed by atoms with E-state index in [1.165, 1.54) is 12.1 Å². The number of nitrogens with two attached hydrogens (primary N) is 1. The number of rotatable bonds is 15. The van der Waals surface area contributed by atoms with E-state index in [2.05, 4.69) is 32.8 Å². The summed E-state index contributed by atoms with van der Waals surface area (Å²) in [6, 6.07) is 23.7. The van der Waals surface area contributed by atoms with E-state index in [1.807, 2.05) is 50.5 Å². The molecule has 4 amide bonds. The topological polar surface area (TPSA) is 125 Å². The maximum absolute atomic E-state index is 14.3. The van der Waals surface area contributed by atoms with Gasteiger partial charge in [0, 0.05) is 46.4 Å². The summed E-state index contributed by atoms with van der Waals surface area (Å²) in [4.78, 5) is 57.6. The van der Waals surface area contributed by atoms with E-state index in [0.29, 0.717) is 35.6 Å². The normalized spacial score (nSPS) is 14.1. The van der Waals surface area contributed by atoms with Gasteiger partial charge in [-0.2, -0.15) is 13.2 Å². The second-order valence-corrected chi connectivity index (χ2v) is 14.5. The number of hydrogen-bond acceptors (Lipinski definition) is 6. The number of primary amides is 1. The molecule has 5 rings (SSSR count). The number of nitrogens with one attached hydrogen (secondary N) is 1. The van der Waals surface area contributed by atoms with Gasteiger partial charge in [-0.1, -0.05) is 30.3 Å². The van der Waals surface area contributed by atoms with Crippen molar-refractivity contribution in [2.45, 2.75) is 38.0 Å². The molecule has 0 saturated carbocycles. The van der Waals surface area contributed by atoms with Crippen molar-refractivity contribution in [2.75, 3.05) is 45.7 Å². The van der Waals surface area contributed by atoms with Crippen molar-refractivity contribution < 1.29 is 37.1 Å². The van der Waals surface area contributed by atoms with E-state index in [9.17, 15) is 32.3 Å². The first kappa shape index (κ1) is 40.2. The third-order valence-corrected chi connectivity index (χ3v) is 9.65. The molecule has 4 aromatic carbocycles. The Bertz CT molecular complexity index is 1970. The van der Waals surface area contributed by atoms with Gasteiger partial charge in [-0.05, 0) is 127 Å². The van der Waals surface area contributed by atoms with E-state index in [1.54, 1.807) is 35.2 Å². The van der Waals surface area contributed by atoms with Gasteiger partial charge in [0.25, 0.3) is 11.8 Å². The predicted octanol–water partition coefficient (Wildman–Crippen LogP) is 6.54. The Morgan fingerprint density at radius 2 is 1.70 bits per heavy atom. The monoisotopic (exact) mass is 855 g/mol. The molecule has 1 unspecified atom stereocenters. The lowest BCUT2D eigenvalue weighted by Gasteiger charge is -2.37. The minimum Gasteiger partial charge on any atom is -0.494 e. The van der Waals surface area contributed by atoms with E-state index in [0.717, 1.165) is 44.7 Å². The summed E-state index contributed by atoms with van der Waals surface area (Å²) in [5.74, 6) is -1.44. The van der Waals surface area contributed by atoms with Gasteiger partial charge in [-0.25, -0.2) is 0 Å². The lowest BCUT2D eigenvalue weighted by Crippen LogP contribution is -2.44. The molecule has 1 aliphatic heterocycles. The number of nitrogens with zero attached hydrogens (tertiary/aromatic N) is 3. The van der Waals surface area contributed by atoms with Gasteiger partial charge >= 0.3 is 6.18 Å². The number of anilines is 1. The van der Waals surface area contributed by atoms with Crippen molar-refractivity contribution >= 4 is 51.9 Å². The van der Waals surface area contributed by atoms with E-state index in [-0.39, 0.29) is 36.9 Å². The molecule has 0 aliphatic carbocycles. The molecule has 0 saturated heterocycles. The molecule has 0 radical (unpaired) electrons. The van der Waals surface area contributed by atoms with Crippen molar-refractivity contribution in [1.29, 1.82) is 0 Å². The number of carbonyl (C=O) groups is 4. The number of amides is 4. The maximum atomic E-state index is 14.3. The molecule has 3 N–H and O–H groups in total. The van der Waals surface area contributed by atoms with Crippen molar-refractivity contribution in [1.82, 2.24) is 14.7 Å². The zero-order valence-corrected chi connectivity index (χ0v) is 32.0. The van der Waals surface area contributed by atoms with Gasteiger partial charge in [-0.15, -0.1) is 0 Å². The number of benzene rings is 4. The highest BCUT2D eigenvalue weighted by molar-refractivity contribution is 14.1. The molecule has 0 fully saturated rings. The number of carbonyl (C=O) groups excluding carboxylic acids is 4. The zero-order valence-electron chi connectivity index (χ0n) is 29.9. The summed E-state index contributed by atoms with van der Waals surface area (Å²) in [5.41, 5.74) is 7.51. The lowest BCUT2D eigenvalue weighted by molar-refractivity contribution is -0.137. The number of halogens is 4. The summed E-state index contributed by atoms with van der Waals surface area (Å²) < 4.78 is 47.1. The summed E-state index contributed by atoms with van der Waals surface area (Å²) in [6.07, 6.45) is -3.58. The third-order valence-electron chi connectivity index (χ3n) is 8.93. The average molecular weight is 856 g/mol. The van der Waals surface area contributed by atoms with Gasteiger partial charge in [0.15, 0.2) is 0 Å². The van der Waals surface area contributed by atoms with Crippen LogP contribution in [0.1, 0.15) is 61.9 Å². The fraction of sp³-hybridized carbons (Fsp3) is 0.300. The molecule has 10 nitrogen and oxygen atoms in total. The van der Waals surface area contributed by atoms with E-state index < -0.39 is 36.1 Å². The highest BCUT2D eigenvalue weighted by atomic mass is 127. The lowest BCUT2D eigenvalue weighted by atomic mass is 9.88. The Morgan fingerprint density at radius 1 is 0.981 bits per heavy atom. The number of hydrogen-bond donors (Lipinski definition) is 2. The highest BCUT2D eigenvalue weighted by Crippen LogP contribution is 2.36. The van der Waals surface area contributed by atoms with Crippen LogP contribution in [0.25, 0.3) is 0 Å². The highest BCUT2D eigenvalue weighted by Gasteiger charge is 2.35. The van der Waals surface area contributed by atoms with Crippen molar-refractivity contribution in [3.8, 4) is 5.75 Å². The quantitative estimate of drug-likeness (QED) is 0.104. The first-order chi connectivity index (χ1) is 25.7. The Kier molecular flexibility index (Phi) is 13.3. The summed E-state index contributed by atoms with van der Waals surface area (Å²) >= 11 is 2.15. The second kappa shape index (κ2) is 17.9. The molecular formula is C40H41F3IN5O5. The van der Waals surface area contributed by atoms with Crippen LogP contribution in [-0.2, 0) is 28.7 Å². The molecule has 1 heterocycles. The largest absolute Gasteiger partial charge is 0.494 e. The first-order valence-corrected chi connectivity index (χ1v) is 18.4. The molecule has 14 heteroatoms. The van der Waals surface area contributed by atoms with Crippen LogP contribution in [-0.4, -0.2) is 78.7 Å². The second-order valence-electron chi connectivity index (χ2n) is 13.3. The van der Waals surface area contributed by atoms with Crippen LogP contribution < -0.4 is 15.8 Å². The van der Waals surface area contributed by atoms with Crippen LogP contribution in [0, 0.1) is 3.57 Å².